The first kappa shape index (κ1) is 20.3. The Hall–Kier alpha value is -2.48. The third-order valence-electron chi connectivity index (χ3n) is 5.18. The average molecular weight is 393 g/mol. The molecule has 0 spiro atoms. The summed E-state index contributed by atoms with van der Waals surface area (Å²) in [6.45, 7) is 6.15. The number of hydrogen-bond donors (Lipinski definition) is 2. The summed E-state index contributed by atoms with van der Waals surface area (Å²) in [5.41, 5.74) is 0.930. The van der Waals surface area contributed by atoms with Gasteiger partial charge in [0.05, 0.1) is 18.2 Å². The van der Waals surface area contributed by atoms with Crippen LogP contribution in [-0.2, 0) is 9.53 Å². The van der Waals surface area contributed by atoms with Crippen molar-refractivity contribution in [1.29, 1.82) is 0 Å². The van der Waals surface area contributed by atoms with Gasteiger partial charge in [-0.15, -0.1) is 0 Å². The van der Waals surface area contributed by atoms with Gasteiger partial charge in [-0.3, -0.25) is 4.90 Å². The number of nitrogens with one attached hydrogen (secondary N) is 2. The van der Waals surface area contributed by atoms with Crippen LogP contribution in [0, 0.1) is 17.6 Å². The number of ether oxygens (including phenoxy) is 1. The molecule has 6 nitrogen and oxygen atoms in total. The number of carbonyl (C=O) groups is 2. The van der Waals surface area contributed by atoms with Crippen LogP contribution in [-0.4, -0.2) is 43.1 Å². The number of nitrogens with zero attached hydrogens (tertiary/aromatic N) is 1. The summed E-state index contributed by atoms with van der Waals surface area (Å²) in [4.78, 5) is 27.1. The minimum Gasteiger partial charge on any atom is -0.463 e. The largest absolute Gasteiger partial charge is 0.463 e. The van der Waals surface area contributed by atoms with Crippen LogP contribution in [0.5, 0.6) is 0 Å². The normalized spacial score (nSPS) is 21.3. The monoisotopic (exact) mass is 393 g/mol. The highest BCUT2D eigenvalue weighted by Crippen LogP contribution is 2.29. The number of rotatable bonds is 5. The Morgan fingerprint density at radius 2 is 1.96 bits per heavy atom. The Bertz CT molecular complexity index is 789. The van der Waals surface area contributed by atoms with Crippen LogP contribution in [0.25, 0.3) is 0 Å². The Balaban J connectivity index is 1.97. The molecular formula is C20H25F2N3O3. The van der Waals surface area contributed by atoms with Gasteiger partial charge in [0, 0.05) is 12.2 Å². The SMILES string of the molecule is CCOC(=O)C1=C(CN2CCC(C)CC2)NC(=O)N[C@H]1c1ccc(F)c(F)c1. The molecule has 0 radical (unpaired) electrons. The molecule has 1 aromatic carbocycles. The Labute approximate surface area is 162 Å². The first-order chi connectivity index (χ1) is 13.4. The van der Waals surface area contributed by atoms with E-state index in [-0.39, 0.29) is 17.7 Å². The molecule has 8 heteroatoms. The topological polar surface area (TPSA) is 70.7 Å². The summed E-state index contributed by atoms with van der Waals surface area (Å²) in [6, 6.07) is 1.91. The zero-order valence-corrected chi connectivity index (χ0v) is 16.1. The fraction of sp³-hybridized carbons (Fsp3) is 0.500. The van der Waals surface area contributed by atoms with Gasteiger partial charge in [-0.2, -0.15) is 0 Å². The lowest BCUT2D eigenvalue weighted by atomic mass is 9.94. The summed E-state index contributed by atoms with van der Waals surface area (Å²) in [7, 11) is 0. The van der Waals surface area contributed by atoms with Gasteiger partial charge < -0.3 is 15.4 Å². The quantitative estimate of drug-likeness (QED) is 0.755. The molecule has 0 bridgehead atoms. The molecule has 1 fully saturated rings. The molecule has 0 saturated carbocycles. The van der Waals surface area contributed by atoms with Crippen molar-refractivity contribution in [3.8, 4) is 0 Å². The standard InChI is InChI=1S/C20H25F2N3O3/c1-3-28-19(26)17-16(11-25-8-6-12(2)7-9-25)23-20(27)24-18(17)13-4-5-14(21)15(22)10-13/h4-5,10,12,18H,3,6-9,11H2,1-2H3,(H2,23,24,27)/t18-/m0/s1. The Kier molecular flexibility index (Phi) is 6.28. The first-order valence-electron chi connectivity index (χ1n) is 9.54. The first-order valence-corrected chi connectivity index (χ1v) is 9.54. The minimum absolute atomic E-state index is 0.162. The van der Waals surface area contributed by atoms with E-state index < -0.39 is 29.7 Å². The number of amides is 2. The van der Waals surface area contributed by atoms with E-state index in [1.807, 2.05) is 0 Å². The van der Waals surface area contributed by atoms with Crippen molar-refractivity contribution in [2.24, 2.45) is 5.92 Å². The molecular weight excluding hydrogens is 368 g/mol. The van der Waals surface area contributed by atoms with Gasteiger partial charge in [0.25, 0.3) is 0 Å². The number of urea groups is 1. The van der Waals surface area contributed by atoms with Gasteiger partial charge in [-0.05, 0) is 56.5 Å². The Morgan fingerprint density at radius 3 is 2.61 bits per heavy atom. The van der Waals surface area contributed by atoms with Crippen LogP contribution in [0.1, 0.15) is 38.3 Å². The molecule has 1 atom stereocenters. The van der Waals surface area contributed by atoms with Gasteiger partial charge in [-0.1, -0.05) is 13.0 Å². The average Bonchev–Trinajstić information content (AvgIpc) is 2.65. The number of esters is 1. The van der Waals surface area contributed by atoms with E-state index in [0.29, 0.717) is 18.2 Å². The molecule has 2 heterocycles. The van der Waals surface area contributed by atoms with E-state index in [0.717, 1.165) is 38.1 Å². The molecule has 0 unspecified atom stereocenters. The zero-order valence-electron chi connectivity index (χ0n) is 16.1. The number of piperidine rings is 1. The molecule has 0 aromatic heterocycles. The third kappa shape index (κ3) is 4.49. The van der Waals surface area contributed by atoms with Gasteiger partial charge in [0.1, 0.15) is 0 Å². The van der Waals surface area contributed by atoms with Crippen LogP contribution >= 0.6 is 0 Å². The molecule has 1 saturated heterocycles. The van der Waals surface area contributed by atoms with Gasteiger partial charge in [-0.25, -0.2) is 18.4 Å². The van der Waals surface area contributed by atoms with Gasteiger partial charge in [0.2, 0.25) is 0 Å². The summed E-state index contributed by atoms with van der Waals surface area (Å²) in [5.74, 6) is -1.98. The number of benzene rings is 1. The van der Waals surface area contributed by atoms with Crippen molar-refractivity contribution < 1.29 is 23.1 Å². The van der Waals surface area contributed by atoms with E-state index in [2.05, 4.69) is 22.5 Å². The molecule has 2 aliphatic heterocycles. The van der Waals surface area contributed by atoms with Crippen molar-refractivity contribution in [1.82, 2.24) is 15.5 Å². The Morgan fingerprint density at radius 1 is 1.25 bits per heavy atom. The van der Waals surface area contributed by atoms with Crippen molar-refractivity contribution in [3.05, 3.63) is 46.7 Å². The highest BCUT2D eigenvalue weighted by molar-refractivity contribution is 5.95. The predicted octanol–water partition coefficient (Wildman–Crippen LogP) is 2.87. The van der Waals surface area contributed by atoms with E-state index in [9.17, 15) is 18.4 Å². The molecule has 2 aliphatic rings. The smallest absolute Gasteiger partial charge is 0.338 e. The fourth-order valence-corrected chi connectivity index (χ4v) is 3.58. The van der Waals surface area contributed by atoms with Gasteiger partial charge in [0.15, 0.2) is 11.6 Å². The van der Waals surface area contributed by atoms with E-state index in [1.54, 1.807) is 6.92 Å². The maximum atomic E-state index is 13.8. The summed E-state index contributed by atoms with van der Waals surface area (Å²) >= 11 is 0. The van der Waals surface area contributed by atoms with Crippen LogP contribution in [0.4, 0.5) is 13.6 Å². The van der Waals surface area contributed by atoms with Crippen LogP contribution in [0.2, 0.25) is 0 Å². The highest BCUT2D eigenvalue weighted by atomic mass is 19.2. The summed E-state index contributed by atoms with van der Waals surface area (Å²) in [6.07, 6.45) is 2.08. The molecule has 152 valence electrons. The maximum Gasteiger partial charge on any atom is 0.338 e. The second kappa shape index (κ2) is 8.68. The second-order valence-electron chi connectivity index (χ2n) is 7.28. The van der Waals surface area contributed by atoms with Crippen molar-refractivity contribution >= 4 is 12.0 Å². The number of hydrogen-bond acceptors (Lipinski definition) is 4. The van der Waals surface area contributed by atoms with Crippen LogP contribution in [0.15, 0.2) is 29.5 Å². The molecule has 2 amide bonds. The lowest BCUT2D eigenvalue weighted by Gasteiger charge is -2.34. The molecule has 0 aliphatic carbocycles. The van der Waals surface area contributed by atoms with Gasteiger partial charge >= 0.3 is 12.0 Å². The summed E-state index contributed by atoms with van der Waals surface area (Å²) < 4.78 is 32.3. The number of likely N-dealkylation sites (tertiary alicyclic amines) is 1. The molecule has 3 rings (SSSR count). The van der Waals surface area contributed by atoms with E-state index in [1.165, 1.54) is 6.07 Å². The third-order valence-corrected chi connectivity index (χ3v) is 5.18. The second-order valence-corrected chi connectivity index (χ2v) is 7.28. The zero-order chi connectivity index (χ0) is 20.3. The minimum atomic E-state index is -1.04. The van der Waals surface area contributed by atoms with Crippen molar-refractivity contribution in [3.63, 3.8) is 0 Å². The van der Waals surface area contributed by atoms with E-state index >= 15 is 0 Å². The molecule has 2 N–H and O–H groups in total. The van der Waals surface area contributed by atoms with Crippen LogP contribution in [0.3, 0.4) is 0 Å². The van der Waals surface area contributed by atoms with Crippen LogP contribution < -0.4 is 10.6 Å². The lowest BCUT2D eigenvalue weighted by molar-refractivity contribution is -0.139. The number of halogens is 2. The van der Waals surface area contributed by atoms with E-state index in [4.69, 9.17) is 4.74 Å². The lowest BCUT2D eigenvalue weighted by Crippen LogP contribution is -2.49. The van der Waals surface area contributed by atoms with Crippen molar-refractivity contribution in [2.75, 3.05) is 26.2 Å². The molecule has 1 aromatic rings. The molecule has 28 heavy (non-hydrogen) atoms. The van der Waals surface area contributed by atoms with Crippen molar-refractivity contribution in [2.45, 2.75) is 32.7 Å². The number of carbonyl (C=O) groups excluding carboxylic acids is 2. The summed E-state index contributed by atoms with van der Waals surface area (Å²) in [5, 5.41) is 5.34. The highest BCUT2D eigenvalue weighted by Gasteiger charge is 2.35. The fourth-order valence-electron chi connectivity index (χ4n) is 3.58. The predicted molar refractivity (Wildman–Crippen MR) is 99.3 cm³/mol. The maximum absolute atomic E-state index is 13.8.